The summed E-state index contributed by atoms with van der Waals surface area (Å²) in [6, 6.07) is 6.68. The van der Waals surface area contributed by atoms with Crippen molar-refractivity contribution in [2.45, 2.75) is 141 Å². The molecule has 3 fully saturated rings. The summed E-state index contributed by atoms with van der Waals surface area (Å²) in [5.74, 6) is -3.47. The summed E-state index contributed by atoms with van der Waals surface area (Å²) in [6.45, 7) is 14.3. The van der Waals surface area contributed by atoms with Crippen LogP contribution >= 0.6 is 0 Å². The number of esters is 2. The zero-order valence-corrected chi connectivity index (χ0v) is 37.1. The van der Waals surface area contributed by atoms with Crippen molar-refractivity contribution in [2.24, 2.45) is 16.7 Å². The van der Waals surface area contributed by atoms with E-state index in [1.54, 1.807) is 73.6 Å². The van der Waals surface area contributed by atoms with Gasteiger partial charge in [-0.3, -0.25) is 0 Å². The van der Waals surface area contributed by atoms with Gasteiger partial charge in [-0.25, -0.2) is 14.4 Å². The fourth-order valence-corrected chi connectivity index (χ4v) is 8.97. The smallest absolute Gasteiger partial charge is 0.408 e. The second-order valence-electron chi connectivity index (χ2n) is 17.1. The third-order valence-electron chi connectivity index (χ3n) is 11.9. The summed E-state index contributed by atoms with van der Waals surface area (Å²) < 4.78 is 23.1. The number of fused-ring (bicyclic) bond motifs is 5. The molecular formula is C39H55AcNO13. The van der Waals surface area contributed by atoms with Gasteiger partial charge < -0.3 is 54.9 Å². The van der Waals surface area contributed by atoms with E-state index in [9.17, 15) is 45.0 Å². The van der Waals surface area contributed by atoms with E-state index in [2.05, 4.69) is 5.32 Å². The molecule has 5 rings (SSSR count). The number of hydrogen-bond acceptors (Lipinski definition) is 13. The van der Waals surface area contributed by atoms with Gasteiger partial charge in [-0.15, -0.1) is 0 Å². The summed E-state index contributed by atoms with van der Waals surface area (Å²) in [5.41, 5.74) is -7.16. The number of rotatable bonds is 7. The number of nitrogens with one attached hydrogen (secondary N) is 1. The molecule has 1 saturated heterocycles. The molecule has 1 aromatic carbocycles. The van der Waals surface area contributed by atoms with Crippen LogP contribution in [0.5, 0.6) is 0 Å². The molecule has 1 aliphatic heterocycles. The second-order valence-corrected chi connectivity index (χ2v) is 17.1. The van der Waals surface area contributed by atoms with Gasteiger partial charge in [0.2, 0.25) is 0 Å². The van der Waals surface area contributed by atoms with E-state index < -0.39 is 107 Å². The average Bonchev–Trinajstić information content (AvgIpc) is 3.05. The minimum absolute atomic E-state index is 0. The summed E-state index contributed by atoms with van der Waals surface area (Å²) in [4.78, 5) is 40.3. The molecule has 0 spiro atoms. The number of carbonyl (C=O) groups excluding carboxylic acids is 3. The fraction of sp³-hybridized carbons (Fsp3) is 0.667. The molecule has 2 saturated carbocycles. The standard InChI is InChI=1S/C39H55NO13.Ac/c1-19(2)15-22(40-34(47)53-35(4,5)6)27(42)33(46)51-23-17-39(49)31(52-32(45)21-13-11-10-12-14-21)29-37(9,24(41)16-25-38(29,48)18-50-25)30(44)28(43)26(20(23)3)36(39,7)8;/h10-15,22-25,27-31,41-44,48-49H,16-18H2,1-9H3,(H,40,47);/t22-,23?,24-,25+,27+,28+,29-,30+,31-,37+,38-,39+;/m0./s1. The molecular weight excluding hydrogens is 917 g/mol. The summed E-state index contributed by atoms with van der Waals surface area (Å²) in [5, 5.41) is 75.1. The van der Waals surface area contributed by atoms with Crippen molar-refractivity contribution in [3.8, 4) is 0 Å². The van der Waals surface area contributed by atoms with Crippen molar-refractivity contribution in [3.63, 3.8) is 0 Å². The molecule has 0 aromatic heterocycles. The van der Waals surface area contributed by atoms with Gasteiger partial charge in [-0.05, 0) is 64.8 Å². The van der Waals surface area contributed by atoms with Gasteiger partial charge in [0.15, 0.2) is 6.10 Å². The predicted octanol–water partition coefficient (Wildman–Crippen LogP) is 2.07. The fourth-order valence-electron chi connectivity index (χ4n) is 8.97. The predicted molar refractivity (Wildman–Crippen MR) is 189 cm³/mol. The first kappa shape index (κ1) is 44.8. The molecule has 15 heteroatoms. The van der Waals surface area contributed by atoms with Crippen molar-refractivity contribution in [1.29, 1.82) is 0 Å². The maximum atomic E-state index is 13.9. The van der Waals surface area contributed by atoms with Crippen LogP contribution < -0.4 is 5.32 Å². The van der Waals surface area contributed by atoms with Crippen molar-refractivity contribution in [2.75, 3.05) is 6.61 Å². The van der Waals surface area contributed by atoms with Crippen LogP contribution in [0.4, 0.5) is 4.79 Å². The SMILES string of the molecule is CC(C)=C[C@H](NC(=O)OC(C)(C)C)[C@@H](O)C(=O)OC1C[C@@]2(O)[C@@H](OC(=O)c3ccccc3)[C@@H]3[C@]4(O)CO[C@@H]4C[C@H](O)[C@@]3(C)[C@H](O)[C@H](O)C(=C1C)C2(C)C.[Ac]. The van der Waals surface area contributed by atoms with E-state index in [1.165, 1.54) is 25.1 Å². The number of ether oxygens (including phenoxy) is 4. The van der Waals surface area contributed by atoms with Gasteiger partial charge in [-0.1, -0.05) is 50.6 Å². The maximum Gasteiger partial charge on any atom is 0.408 e. The van der Waals surface area contributed by atoms with Gasteiger partial charge in [0.1, 0.15) is 35.1 Å². The molecule has 4 aliphatic rings. The van der Waals surface area contributed by atoms with Crippen LogP contribution in [0, 0.1) is 60.8 Å². The Bertz CT molecular complexity index is 1650. The van der Waals surface area contributed by atoms with Gasteiger partial charge in [0, 0.05) is 73.7 Å². The number of aliphatic hydroxyl groups is 6. The van der Waals surface area contributed by atoms with Crippen molar-refractivity contribution in [1.82, 2.24) is 5.32 Å². The minimum Gasteiger partial charge on any atom is -0.456 e. The molecule has 2 bridgehead atoms. The van der Waals surface area contributed by atoms with Crippen LogP contribution in [0.2, 0.25) is 0 Å². The second kappa shape index (κ2) is 15.8. The molecule has 297 valence electrons. The molecule has 1 heterocycles. The first-order chi connectivity index (χ1) is 24.4. The van der Waals surface area contributed by atoms with Gasteiger partial charge in [0.05, 0.1) is 36.5 Å². The number of aliphatic hydroxyl groups excluding tert-OH is 4. The van der Waals surface area contributed by atoms with Crippen molar-refractivity contribution < 1.29 is 108 Å². The number of carbonyl (C=O) groups is 3. The Morgan fingerprint density at radius 2 is 1.63 bits per heavy atom. The third kappa shape index (κ3) is 7.71. The van der Waals surface area contributed by atoms with E-state index in [-0.39, 0.29) is 73.8 Å². The zero-order chi connectivity index (χ0) is 39.6. The Hall–Kier alpha value is -1.93. The number of allylic oxidation sites excluding steroid dienone is 1. The topological polar surface area (TPSA) is 222 Å². The summed E-state index contributed by atoms with van der Waals surface area (Å²) >= 11 is 0. The van der Waals surface area contributed by atoms with Crippen LogP contribution in [0.25, 0.3) is 0 Å². The Morgan fingerprint density at radius 3 is 2.17 bits per heavy atom. The third-order valence-corrected chi connectivity index (χ3v) is 11.9. The van der Waals surface area contributed by atoms with E-state index >= 15 is 0 Å². The molecule has 54 heavy (non-hydrogen) atoms. The molecule has 12 atom stereocenters. The molecule has 7 N–H and O–H groups in total. The monoisotopic (exact) mass is 972 g/mol. The number of benzene rings is 1. The molecule has 1 amide bonds. The normalized spacial score (nSPS) is 36.5. The van der Waals surface area contributed by atoms with E-state index in [4.69, 9.17) is 18.9 Å². The molecule has 1 radical (unpaired) electrons. The number of amides is 1. The molecule has 14 nitrogen and oxygen atoms in total. The van der Waals surface area contributed by atoms with Gasteiger partial charge in [-0.2, -0.15) is 0 Å². The van der Waals surface area contributed by atoms with Crippen molar-refractivity contribution in [3.05, 3.63) is 58.7 Å². The molecule has 3 aliphatic carbocycles. The average molecular weight is 973 g/mol. The Balaban J connectivity index is 0.00000650. The minimum atomic E-state index is -2.25. The molecule has 1 aromatic rings. The molecule has 1 unspecified atom stereocenters. The summed E-state index contributed by atoms with van der Waals surface area (Å²) in [6.07, 6.45) is -10.9. The zero-order valence-electron chi connectivity index (χ0n) is 32.4. The number of alkyl carbamates (subject to hydrolysis) is 1. The van der Waals surface area contributed by atoms with Gasteiger partial charge in [0.25, 0.3) is 0 Å². The Labute approximate surface area is 351 Å². The van der Waals surface area contributed by atoms with Crippen LogP contribution in [0.15, 0.2) is 53.1 Å². The van der Waals surface area contributed by atoms with Crippen molar-refractivity contribution >= 4 is 18.0 Å². The van der Waals surface area contributed by atoms with E-state index in [1.807, 2.05) is 0 Å². The van der Waals surface area contributed by atoms with Crippen LogP contribution in [-0.2, 0) is 23.7 Å². The maximum absolute atomic E-state index is 13.9. The van der Waals surface area contributed by atoms with E-state index in [0.29, 0.717) is 5.57 Å². The van der Waals surface area contributed by atoms with E-state index in [0.717, 1.165) is 0 Å². The largest absolute Gasteiger partial charge is 0.456 e. The summed E-state index contributed by atoms with van der Waals surface area (Å²) in [7, 11) is 0. The quantitative estimate of drug-likeness (QED) is 0.118. The first-order valence-corrected chi connectivity index (χ1v) is 18.0. The van der Waals surface area contributed by atoms with Crippen LogP contribution in [0.1, 0.15) is 85.5 Å². The van der Waals surface area contributed by atoms with Crippen LogP contribution in [-0.4, -0.2) is 121 Å². The Morgan fingerprint density at radius 1 is 1.02 bits per heavy atom. The number of hydrogen-bond donors (Lipinski definition) is 7. The Kier molecular flexibility index (Phi) is 13.1. The van der Waals surface area contributed by atoms with Crippen LogP contribution in [0.3, 0.4) is 0 Å². The van der Waals surface area contributed by atoms with Gasteiger partial charge >= 0.3 is 18.0 Å². The first-order valence-electron chi connectivity index (χ1n) is 18.0.